The molecule has 0 bridgehead atoms. The Balaban J connectivity index is 1.76. The molecule has 1 nitrogen and oxygen atoms in total. The van der Waals surface area contributed by atoms with Crippen molar-refractivity contribution in [1.82, 2.24) is 0 Å². The van der Waals surface area contributed by atoms with E-state index in [0.29, 0.717) is 5.75 Å². The molecule has 3 aromatic rings. The Kier molecular flexibility index (Phi) is 4.73. The minimum absolute atomic E-state index is 0.225. The highest BCUT2D eigenvalue weighted by Gasteiger charge is 2.36. The molecule has 0 spiro atoms. The standard InChI is InChI=1S/C23H22FOS/c1-23(15-8-16-23)25-22-17-20(13-14-21(22)24)26(18-9-4-2-5-10-18)19-11-6-3-7-12-19/h2-7,9-14,17H,8,15-16H2,1H3/q+1. The number of ether oxygens (including phenoxy) is 1. The molecule has 0 unspecified atom stereocenters. The highest BCUT2D eigenvalue weighted by atomic mass is 32.2. The minimum atomic E-state index is -0.292. The summed E-state index contributed by atoms with van der Waals surface area (Å²) in [6, 6.07) is 26.1. The number of rotatable bonds is 5. The Morgan fingerprint density at radius 1 is 0.808 bits per heavy atom. The summed E-state index contributed by atoms with van der Waals surface area (Å²) in [6.07, 6.45) is 3.12. The van der Waals surface area contributed by atoms with E-state index in [1.165, 1.54) is 9.79 Å². The molecule has 0 amide bonds. The molecule has 1 aliphatic carbocycles. The average molecular weight is 365 g/mol. The van der Waals surface area contributed by atoms with Crippen molar-refractivity contribution in [1.29, 1.82) is 0 Å². The Morgan fingerprint density at radius 2 is 1.38 bits per heavy atom. The summed E-state index contributed by atoms with van der Waals surface area (Å²) >= 11 is 0. The molecule has 0 heterocycles. The normalized spacial score (nSPS) is 15.5. The second-order valence-corrected chi connectivity index (χ2v) is 8.96. The topological polar surface area (TPSA) is 9.23 Å². The van der Waals surface area contributed by atoms with Crippen molar-refractivity contribution < 1.29 is 9.13 Å². The highest BCUT2D eigenvalue weighted by molar-refractivity contribution is 7.97. The molecule has 0 aliphatic heterocycles. The zero-order chi connectivity index (χ0) is 18.0. The van der Waals surface area contributed by atoms with Crippen molar-refractivity contribution in [2.24, 2.45) is 0 Å². The molecule has 26 heavy (non-hydrogen) atoms. The first-order valence-electron chi connectivity index (χ1n) is 8.98. The zero-order valence-electron chi connectivity index (χ0n) is 14.8. The lowest BCUT2D eigenvalue weighted by Crippen LogP contribution is -2.39. The highest BCUT2D eigenvalue weighted by Crippen LogP contribution is 2.39. The lowest BCUT2D eigenvalue weighted by atomic mass is 9.82. The van der Waals surface area contributed by atoms with Gasteiger partial charge in [0.2, 0.25) is 0 Å². The molecule has 0 aromatic heterocycles. The van der Waals surface area contributed by atoms with Crippen molar-refractivity contribution in [2.45, 2.75) is 46.5 Å². The minimum Gasteiger partial charge on any atom is -0.484 e. The van der Waals surface area contributed by atoms with Crippen LogP contribution in [-0.4, -0.2) is 5.60 Å². The van der Waals surface area contributed by atoms with Crippen LogP contribution >= 0.6 is 0 Å². The Labute approximate surface area is 157 Å². The van der Waals surface area contributed by atoms with Crippen LogP contribution < -0.4 is 4.74 Å². The van der Waals surface area contributed by atoms with E-state index in [0.717, 1.165) is 24.2 Å². The fraction of sp³-hybridized carbons (Fsp3) is 0.217. The van der Waals surface area contributed by atoms with E-state index in [1.54, 1.807) is 6.07 Å². The van der Waals surface area contributed by atoms with Gasteiger partial charge >= 0.3 is 0 Å². The molecule has 3 heteroatoms. The number of hydrogen-bond acceptors (Lipinski definition) is 1. The third kappa shape index (κ3) is 3.49. The maximum absolute atomic E-state index is 14.4. The molecular formula is C23H22FOS+. The van der Waals surface area contributed by atoms with Gasteiger partial charge in [0.05, 0.1) is 10.9 Å². The predicted octanol–water partition coefficient (Wildman–Crippen LogP) is 6.24. The molecule has 3 aromatic carbocycles. The van der Waals surface area contributed by atoms with Crippen LogP contribution in [0.4, 0.5) is 4.39 Å². The van der Waals surface area contributed by atoms with Crippen LogP contribution in [0.25, 0.3) is 0 Å². The van der Waals surface area contributed by atoms with Crippen LogP contribution in [0.5, 0.6) is 5.75 Å². The van der Waals surface area contributed by atoms with Crippen LogP contribution in [0.1, 0.15) is 26.2 Å². The van der Waals surface area contributed by atoms with Gasteiger partial charge in [0.25, 0.3) is 0 Å². The second-order valence-electron chi connectivity index (χ2n) is 6.93. The SMILES string of the molecule is CC1(Oc2cc([S+](c3ccccc3)c3ccccc3)ccc2F)CCC1. The molecule has 4 rings (SSSR count). The second kappa shape index (κ2) is 7.16. The molecular weight excluding hydrogens is 343 g/mol. The van der Waals surface area contributed by atoms with Gasteiger partial charge in [0.1, 0.15) is 5.60 Å². The molecule has 0 radical (unpaired) electrons. The van der Waals surface area contributed by atoms with Crippen LogP contribution in [-0.2, 0) is 10.9 Å². The van der Waals surface area contributed by atoms with Gasteiger partial charge in [-0.1, -0.05) is 36.4 Å². The van der Waals surface area contributed by atoms with E-state index < -0.39 is 0 Å². The number of hydrogen-bond donors (Lipinski definition) is 0. The molecule has 1 aliphatic rings. The van der Waals surface area contributed by atoms with Gasteiger partial charge in [-0.25, -0.2) is 4.39 Å². The van der Waals surface area contributed by atoms with Gasteiger partial charge < -0.3 is 4.74 Å². The van der Waals surface area contributed by atoms with Crippen LogP contribution in [0.2, 0.25) is 0 Å². The van der Waals surface area contributed by atoms with Gasteiger partial charge in [-0.3, -0.25) is 0 Å². The fourth-order valence-electron chi connectivity index (χ4n) is 3.25. The molecule has 132 valence electrons. The Bertz CT molecular complexity index is 836. The quantitative estimate of drug-likeness (QED) is 0.486. The van der Waals surface area contributed by atoms with Gasteiger partial charge in [-0.05, 0) is 62.6 Å². The number of benzene rings is 3. The monoisotopic (exact) mass is 365 g/mol. The van der Waals surface area contributed by atoms with Gasteiger partial charge in [-0.2, -0.15) is 0 Å². The first kappa shape index (κ1) is 17.2. The zero-order valence-corrected chi connectivity index (χ0v) is 15.6. The van der Waals surface area contributed by atoms with Crippen molar-refractivity contribution in [3.8, 4) is 5.75 Å². The predicted molar refractivity (Wildman–Crippen MR) is 104 cm³/mol. The number of halogens is 1. The van der Waals surface area contributed by atoms with Crippen LogP contribution in [0, 0.1) is 5.82 Å². The van der Waals surface area contributed by atoms with Gasteiger partial charge in [0, 0.05) is 6.07 Å². The summed E-state index contributed by atoms with van der Waals surface area (Å²) in [5, 5.41) is 0. The van der Waals surface area contributed by atoms with E-state index in [-0.39, 0.29) is 22.3 Å². The van der Waals surface area contributed by atoms with Gasteiger partial charge in [-0.15, -0.1) is 0 Å². The molecule has 1 fully saturated rings. The lowest BCUT2D eigenvalue weighted by molar-refractivity contribution is 0.00773. The summed E-state index contributed by atoms with van der Waals surface area (Å²) in [6.45, 7) is 2.07. The summed E-state index contributed by atoms with van der Waals surface area (Å²) in [7, 11) is -0.292. The Morgan fingerprint density at radius 3 is 1.88 bits per heavy atom. The molecule has 0 atom stereocenters. The summed E-state index contributed by atoms with van der Waals surface area (Å²) in [4.78, 5) is 3.50. The van der Waals surface area contributed by atoms with Crippen molar-refractivity contribution in [3.05, 3.63) is 84.7 Å². The van der Waals surface area contributed by atoms with E-state index in [4.69, 9.17) is 4.74 Å². The third-order valence-corrected chi connectivity index (χ3v) is 7.08. The smallest absolute Gasteiger partial charge is 0.170 e. The lowest BCUT2D eigenvalue weighted by Gasteiger charge is -2.38. The first-order chi connectivity index (χ1) is 12.6. The van der Waals surface area contributed by atoms with Crippen molar-refractivity contribution >= 4 is 10.9 Å². The van der Waals surface area contributed by atoms with Gasteiger partial charge in [0.15, 0.2) is 26.3 Å². The first-order valence-corrected chi connectivity index (χ1v) is 10.2. The van der Waals surface area contributed by atoms with Crippen molar-refractivity contribution in [2.75, 3.05) is 0 Å². The summed E-state index contributed by atoms with van der Waals surface area (Å²) < 4.78 is 20.5. The van der Waals surface area contributed by atoms with E-state index >= 15 is 0 Å². The van der Waals surface area contributed by atoms with Crippen molar-refractivity contribution in [3.63, 3.8) is 0 Å². The maximum atomic E-state index is 14.4. The molecule has 1 saturated carbocycles. The van der Waals surface area contributed by atoms with E-state index in [2.05, 4.69) is 55.5 Å². The summed E-state index contributed by atoms with van der Waals surface area (Å²) in [5.74, 6) is 0.0839. The third-order valence-electron chi connectivity index (χ3n) is 4.86. The van der Waals surface area contributed by atoms with Crippen LogP contribution in [0.15, 0.2) is 93.5 Å². The molecule has 0 saturated heterocycles. The Hall–Kier alpha value is -2.26. The van der Waals surface area contributed by atoms with Crippen LogP contribution in [0.3, 0.4) is 0 Å². The largest absolute Gasteiger partial charge is 0.484 e. The molecule has 0 N–H and O–H groups in total. The fourth-order valence-corrected chi connectivity index (χ4v) is 5.36. The summed E-state index contributed by atoms with van der Waals surface area (Å²) in [5.41, 5.74) is -0.225. The maximum Gasteiger partial charge on any atom is 0.170 e. The van der Waals surface area contributed by atoms with E-state index in [1.807, 2.05) is 24.3 Å². The van der Waals surface area contributed by atoms with E-state index in [9.17, 15) is 4.39 Å². The average Bonchev–Trinajstić information content (AvgIpc) is 2.65.